The number of hydrogen-bond donors (Lipinski definition) is 2. The van der Waals surface area contributed by atoms with Crippen molar-refractivity contribution in [2.75, 3.05) is 25.0 Å². The van der Waals surface area contributed by atoms with Gasteiger partial charge in [-0.05, 0) is 73.2 Å². The summed E-state index contributed by atoms with van der Waals surface area (Å²) in [6.07, 6.45) is 3.33. The topological polar surface area (TPSA) is 167 Å². The van der Waals surface area contributed by atoms with Crippen LogP contribution in [0.5, 0.6) is 11.8 Å². The largest absolute Gasteiger partial charge is 0.488 e. The first-order valence-electron chi connectivity index (χ1n) is 17.5. The van der Waals surface area contributed by atoms with Gasteiger partial charge in [0.2, 0.25) is 15.9 Å². The van der Waals surface area contributed by atoms with Crippen LogP contribution in [-0.2, 0) is 27.9 Å². The molecule has 0 spiro atoms. The third kappa shape index (κ3) is 7.10. The molecule has 1 aliphatic rings. The van der Waals surface area contributed by atoms with Crippen molar-refractivity contribution in [2.45, 2.75) is 78.0 Å². The van der Waals surface area contributed by atoms with E-state index in [1.54, 1.807) is 24.3 Å². The smallest absolute Gasteiger partial charge is 0.316 e. The molecule has 0 radical (unpaired) electrons. The Labute approximate surface area is 304 Å². The van der Waals surface area contributed by atoms with Gasteiger partial charge < -0.3 is 20.5 Å². The number of hydrogen-bond acceptors (Lipinski definition) is 10. The maximum atomic E-state index is 14.3. The predicted molar refractivity (Wildman–Crippen MR) is 199 cm³/mol. The van der Waals surface area contributed by atoms with Crippen LogP contribution < -0.4 is 20.5 Å². The van der Waals surface area contributed by atoms with Gasteiger partial charge >= 0.3 is 6.01 Å². The van der Waals surface area contributed by atoms with Gasteiger partial charge in [0.15, 0.2) is 0 Å². The molecule has 0 aliphatic carbocycles. The molecule has 3 heterocycles. The van der Waals surface area contributed by atoms with Crippen molar-refractivity contribution in [2.24, 2.45) is 11.1 Å². The Hall–Kier alpha value is -4.92. The molecule has 2 atom stereocenters. The SMILES string of the molecule is CC[C@@H]1CN(Cc2cc(C(c3ccc4c(nnn4CC)c3C)C(C)(C)C(=O)Nc3cnc(OCCN)nc3)ccc2C)S(=O)(=O)c2ccccc2O1. The lowest BCUT2D eigenvalue weighted by Crippen LogP contribution is -2.38. The molecular weight excluding hydrogens is 681 g/mol. The summed E-state index contributed by atoms with van der Waals surface area (Å²) in [6.45, 7) is 13.4. The second-order valence-corrected chi connectivity index (χ2v) is 15.5. The van der Waals surface area contributed by atoms with Crippen molar-refractivity contribution in [3.05, 3.63) is 94.8 Å². The standard InChI is InChI=1S/C38H46N8O5S/c1-7-29-23-45(52(48,49)33-12-10-9-11-32(33)51-29)22-27-19-26(14-13-24(27)3)34(30-15-16-31-35(25(30)4)43-44-46(31)8-2)38(5,6)36(47)42-28-20-40-37(41-21-28)50-18-17-39/h9-16,19-21,29,34H,7-8,17-18,22-23,39H2,1-6H3,(H,42,47)/t29-,34?/m1/s1. The fourth-order valence-electron chi connectivity index (χ4n) is 6.78. The first-order valence-corrected chi connectivity index (χ1v) is 19.0. The minimum atomic E-state index is -3.88. The van der Waals surface area contributed by atoms with Crippen LogP contribution in [-0.4, -0.2) is 69.4 Å². The van der Waals surface area contributed by atoms with Crippen molar-refractivity contribution in [1.29, 1.82) is 0 Å². The lowest BCUT2D eigenvalue weighted by Gasteiger charge is -2.35. The Morgan fingerprint density at radius 3 is 2.56 bits per heavy atom. The molecule has 1 amide bonds. The molecule has 1 aliphatic heterocycles. The minimum absolute atomic E-state index is 0.133. The summed E-state index contributed by atoms with van der Waals surface area (Å²) in [7, 11) is -3.88. The van der Waals surface area contributed by atoms with E-state index >= 15 is 0 Å². The Balaban J connectivity index is 1.42. The number of nitrogens with one attached hydrogen (secondary N) is 1. The van der Waals surface area contributed by atoms with Crippen LogP contribution in [0.25, 0.3) is 11.0 Å². The van der Waals surface area contributed by atoms with Crippen LogP contribution in [0.1, 0.15) is 67.9 Å². The maximum Gasteiger partial charge on any atom is 0.316 e. The van der Waals surface area contributed by atoms with Crippen LogP contribution in [0.15, 0.2) is 71.9 Å². The number of fused-ring (bicyclic) bond motifs is 2. The Kier molecular flexibility index (Phi) is 10.6. The second kappa shape index (κ2) is 15.0. The predicted octanol–water partition coefficient (Wildman–Crippen LogP) is 5.35. The molecule has 1 unspecified atom stereocenters. The van der Waals surface area contributed by atoms with E-state index in [1.165, 1.54) is 16.7 Å². The molecule has 0 saturated carbocycles. The number of anilines is 1. The van der Waals surface area contributed by atoms with Crippen LogP contribution in [0.4, 0.5) is 5.69 Å². The summed E-state index contributed by atoms with van der Waals surface area (Å²) < 4.78 is 43.1. The molecule has 52 heavy (non-hydrogen) atoms. The fourth-order valence-corrected chi connectivity index (χ4v) is 8.35. The fraction of sp³-hybridized carbons (Fsp3) is 0.395. The van der Waals surface area contributed by atoms with E-state index in [9.17, 15) is 13.2 Å². The monoisotopic (exact) mass is 726 g/mol. The number of rotatable bonds is 12. The van der Waals surface area contributed by atoms with Gasteiger partial charge in [-0.1, -0.05) is 62.4 Å². The van der Waals surface area contributed by atoms with Gasteiger partial charge in [0.25, 0.3) is 0 Å². The number of sulfonamides is 1. The molecule has 0 fully saturated rings. The first-order chi connectivity index (χ1) is 24.9. The van der Waals surface area contributed by atoms with E-state index in [2.05, 4.69) is 25.6 Å². The highest BCUT2D eigenvalue weighted by Gasteiger charge is 2.41. The van der Waals surface area contributed by atoms with Crippen molar-refractivity contribution in [3.8, 4) is 11.8 Å². The highest BCUT2D eigenvalue weighted by molar-refractivity contribution is 7.89. The number of amides is 1. The summed E-state index contributed by atoms with van der Waals surface area (Å²) in [6, 6.07) is 17.0. The number of nitrogens with two attached hydrogens (primary N) is 1. The average molecular weight is 727 g/mol. The van der Waals surface area contributed by atoms with E-state index in [0.29, 0.717) is 30.9 Å². The number of aromatic nitrogens is 5. The lowest BCUT2D eigenvalue weighted by molar-refractivity contribution is -0.124. The highest BCUT2D eigenvalue weighted by Crippen LogP contribution is 2.45. The zero-order valence-corrected chi connectivity index (χ0v) is 31.3. The van der Waals surface area contributed by atoms with Gasteiger partial charge in [-0.15, -0.1) is 5.10 Å². The van der Waals surface area contributed by atoms with E-state index in [1.807, 2.05) is 76.6 Å². The number of carbonyl (C=O) groups excluding carboxylic acids is 1. The number of ether oxygens (including phenoxy) is 2. The van der Waals surface area contributed by atoms with Crippen LogP contribution >= 0.6 is 0 Å². The number of aryl methyl sites for hydroxylation is 3. The molecule has 3 aromatic carbocycles. The number of benzene rings is 3. The molecule has 2 aromatic heterocycles. The Morgan fingerprint density at radius 1 is 1.10 bits per heavy atom. The van der Waals surface area contributed by atoms with E-state index in [-0.39, 0.29) is 42.6 Å². The van der Waals surface area contributed by atoms with Crippen molar-refractivity contribution in [3.63, 3.8) is 0 Å². The molecule has 0 saturated heterocycles. The summed E-state index contributed by atoms with van der Waals surface area (Å²) >= 11 is 0. The average Bonchev–Trinajstić information content (AvgIpc) is 3.52. The van der Waals surface area contributed by atoms with Crippen LogP contribution in [0.3, 0.4) is 0 Å². The van der Waals surface area contributed by atoms with Crippen LogP contribution in [0, 0.1) is 19.3 Å². The normalized spacial score (nSPS) is 16.5. The van der Waals surface area contributed by atoms with Crippen LogP contribution in [0.2, 0.25) is 0 Å². The molecule has 14 heteroatoms. The van der Waals surface area contributed by atoms with Gasteiger partial charge in [0.1, 0.15) is 28.9 Å². The number of para-hydroxylation sites is 1. The quantitative estimate of drug-likeness (QED) is 0.171. The summed E-state index contributed by atoms with van der Waals surface area (Å²) in [5.41, 5.74) is 11.0. The summed E-state index contributed by atoms with van der Waals surface area (Å²) in [5.74, 6) is -0.376. The van der Waals surface area contributed by atoms with Gasteiger partial charge in [-0.3, -0.25) is 4.79 Å². The van der Waals surface area contributed by atoms with Crippen molar-refractivity contribution >= 4 is 32.7 Å². The van der Waals surface area contributed by atoms with E-state index in [0.717, 1.165) is 38.9 Å². The maximum absolute atomic E-state index is 14.3. The summed E-state index contributed by atoms with van der Waals surface area (Å²) in [4.78, 5) is 22.9. The van der Waals surface area contributed by atoms with Gasteiger partial charge in [0, 0.05) is 25.6 Å². The van der Waals surface area contributed by atoms with Gasteiger partial charge in [-0.2, -0.15) is 4.31 Å². The zero-order chi connectivity index (χ0) is 37.2. The number of carbonyl (C=O) groups is 1. The Morgan fingerprint density at radius 2 is 1.85 bits per heavy atom. The first kappa shape index (κ1) is 36.9. The Bertz CT molecular complexity index is 2190. The second-order valence-electron chi connectivity index (χ2n) is 13.6. The molecule has 0 bridgehead atoms. The lowest BCUT2D eigenvalue weighted by atomic mass is 9.69. The van der Waals surface area contributed by atoms with Crippen molar-refractivity contribution in [1.82, 2.24) is 29.3 Å². The van der Waals surface area contributed by atoms with Gasteiger partial charge in [0.05, 0.1) is 35.6 Å². The molecule has 13 nitrogen and oxygen atoms in total. The molecule has 6 rings (SSSR count). The molecule has 5 aromatic rings. The molecular formula is C38H46N8O5S. The minimum Gasteiger partial charge on any atom is -0.488 e. The van der Waals surface area contributed by atoms with E-state index in [4.69, 9.17) is 15.2 Å². The number of nitrogens with zero attached hydrogens (tertiary/aromatic N) is 6. The summed E-state index contributed by atoms with van der Waals surface area (Å²) in [5, 5.41) is 11.9. The highest BCUT2D eigenvalue weighted by atomic mass is 32.2. The van der Waals surface area contributed by atoms with Gasteiger partial charge in [-0.25, -0.2) is 23.1 Å². The third-order valence-corrected chi connectivity index (χ3v) is 11.7. The molecule has 3 N–H and O–H groups in total. The van der Waals surface area contributed by atoms with Crippen molar-refractivity contribution < 1.29 is 22.7 Å². The third-order valence-electron chi connectivity index (χ3n) is 9.81. The molecule has 274 valence electrons. The van der Waals surface area contributed by atoms with E-state index < -0.39 is 21.4 Å². The zero-order valence-electron chi connectivity index (χ0n) is 30.5.